The molecule has 1 heterocycles. The highest BCUT2D eigenvalue weighted by molar-refractivity contribution is 5.72. The van der Waals surface area contributed by atoms with Crippen LogP contribution in [0.25, 0.3) is 0 Å². The third kappa shape index (κ3) is 2.71. The van der Waals surface area contributed by atoms with E-state index in [1.165, 1.54) is 7.11 Å². The lowest BCUT2D eigenvalue weighted by atomic mass is 9.82. The van der Waals surface area contributed by atoms with E-state index in [1.807, 2.05) is 13.8 Å². The monoisotopic (exact) mass is 252 g/mol. The summed E-state index contributed by atoms with van der Waals surface area (Å²) >= 11 is 0. The first-order valence-corrected chi connectivity index (χ1v) is 6.53. The molecule has 18 heavy (non-hydrogen) atoms. The van der Waals surface area contributed by atoms with Crippen LogP contribution in [0.5, 0.6) is 0 Å². The van der Waals surface area contributed by atoms with Gasteiger partial charge in [0, 0.05) is 11.8 Å². The average Bonchev–Trinajstić information content (AvgIpc) is 2.88. The number of ether oxygens (including phenoxy) is 1. The normalized spacial score (nSPS) is 24.2. The average molecular weight is 252 g/mol. The number of nitrogens with zero attached hydrogens (tertiary/aromatic N) is 2. The van der Waals surface area contributed by atoms with Crippen LogP contribution in [-0.2, 0) is 9.53 Å². The molecule has 5 heteroatoms. The lowest BCUT2D eigenvalue weighted by Gasteiger charge is -2.24. The molecule has 1 aromatic heterocycles. The molecule has 0 radical (unpaired) electrons. The van der Waals surface area contributed by atoms with Gasteiger partial charge in [-0.1, -0.05) is 19.0 Å². The van der Waals surface area contributed by atoms with Gasteiger partial charge in [-0.3, -0.25) is 4.79 Å². The molecule has 0 saturated heterocycles. The molecule has 2 rings (SSSR count). The molecule has 5 nitrogen and oxygen atoms in total. The van der Waals surface area contributed by atoms with Crippen molar-refractivity contribution in [3.63, 3.8) is 0 Å². The van der Waals surface area contributed by atoms with E-state index in [2.05, 4.69) is 10.1 Å². The van der Waals surface area contributed by atoms with Crippen molar-refractivity contribution in [2.75, 3.05) is 7.11 Å². The number of esters is 1. The Kier molecular flexibility index (Phi) is 3.99. The smallest absolute Gasteiger partial charge is 0.308 e. The molecule has 0 atom stereocenters. The fraction of sp³-hybridized carbons (Fsp3) is 0.769. The van der Waals surface area contributed by atoms with Crippen LogP contribution in [0.3, 0.4) is 0 Å². The molecule has 0 spiro atoms. The zero-order valence-electron chi connectivity index (χ0n) is 11.2. The Balaban J connectivity index is 1.94. The topological polar surface area (TPSA) is 65.2 Å². The highest BCUT2D eigenvalue weighted by atomic mass is 16.5. The van der Waals surface area contributed by atoms with Crippen LogP contribution in [0, 0.1) is 5.92 Å². The predicted molar refractivity (Wildman–Crippen MR) is 65.1 cm³/mol. The highest BCUT2D eigenvalue weighted by Gasteiger charge is 2.30. The van der Waals surface area contributed by atoms with Crippen molar-refractivity contribution < 1.29 is 14.1 Å². The summed E-state index contributed by atoms with van der Waals surface area (Å²) in [5.74, 6) is 2.02. The summed E-state index contributed by atoms with van der Waals surface area (Å²) in [5, 5.41) is 4.05. The Morgan fingerprint density at radius 1 is 1.33 bits per heavy atom. The predicted octanol–water partition coefficient (Wildman–Crippen LogP) is 2.64. The van der Waals surface area contributed by atoms with Gasteiger partial charge in [0.05, 0.1) is 13.0 Å². The number of hydrogen-bond donors (Lipinski definition) is 0. The lowest BCUT2D eigenvalue weighted by molar-refractivity contribution is -0.146. The number of aromatic nitrogens is 2. The van der Waals surface area contributed by atoms with Crippen molar-refractivity contribution in [2.45, 2.75) is 51.4 Å². The molecule has 1 aliphatic carbocycles. The minimum atomic E-state index is -0.0931. The third-order valence-electron chi connectivity index (χ3n) is 3.58. The summed E-state index contributed by atoms with van der Waals surface area (Å²) in [5.41, 5.74) is 0. The van der Waals surface area contributed by atoms with Gasteiger partial charge in [-0.25, -0.2) is 0 Å². The third-order valence-corrected chi connectivity index (χ3v) is 3.58. The Bertz CT molecular complexity index is 406. The molecule has 0 bridgehead atoms. The Morgan fingerprint density at radius 3 is 2.50 bits per heavy atom. The quantitative estimate of drug-likeness (QED) is 0.774. The van der Waals surface area contributed by atoms with E-state index in [1.54, 1.807) is 0 Å². The first kappa shape index (κ1) is 13.1. The summed E-state index contributed by atoms with van der Waals surface area (Å²) in [7, 11) is 1.45. The molecular weight excluding hydrogens is 232 g/mol. The van der Waals surface area contributed by atoms with Gasteiger partial charge in [-0.15, -0.1) is 0 Å². The molecular formula is C13H20N2O3. The van der Waals surface area contributed by atoms with Gasteiger partial charge in [0.1, 0.15) is 0 Å². The van der Waals surface area contributed by atoms with Crippen LogP contribution in [0.15, 0.2) is 4.52 Å². The van der Waals surface area contributed by atoms with Crippen molar-refractivity contribution in [3.05, 3.63) is 11.7 Å². The summed E-state index contributed by atoms with van der Waals surface area (Å²) in [6.45, 7) is 4.07. The SMILES string of the molecule is COC(=O)C1CCC(c2noc(C(C)C)n2)CC1. The van der Waals surface area contributed by atoms with E-state index in [0.717, 1.165) is 31.5 Å². The molecule has 1 aliphatic rings. The van der Waals surface area contributed by atoms with Crippen LogP contribution in [-0.4, -0.2) is 23.2 Å². The maximum absolute atomic E-state index is 11.4. The van der Waals surface area contributed by atoms with E-state index >= 15 is 0 Å². The molecule has 1 saturated carbocycles. The standard InChI is InChI=1S/C13H20N2O3/c1-8(2)12-14-11(15-18-12)9-4-6-10(7-5-9)13(16)17-3/h8-10H,4-7H2,1-3H3. The minimum Gasteiger partial charge on any atom is -0.469 e. The zero-order valence-corrected chi connectivity index (χ0v) is 11.2. The van der Waals surface area contributed by atoms with Crippen LogP contribution >= 0.6 is 0 Å². The Morgan fingerprint density at radius 2 is 2.00 bits per heavy atom. The van der Waals surface area contributed by atoms with Crippen molar-refractivity contribution in [1.82, 2.24) is 10.1 Å². The summed E-state index contributed by atoms with van der Waals surface area (Å²) < 4.78 is 10.00. The van der Waals surface area contributed by atoms with Crippen LogP contribution in [0.4, 0.5) is 0 Å². The second-order valence-corrected chi connectivity index (χ2v) is 5.22. The molecule has 0 amide bonds. The Hall–Kier alpha value is -1.39. The second kappa shape index (κ2) is 5.50. The first-order valence-electron chi connectivity index (χ1n) is 6.53. The first-order chi connectivity index (χ1) is 8.61. The van der Waals surface area contributed by atoms with Gasteiger partial charge >= 0.3 is 5.97 Å². The largest absolute Gasteiger partial charge is 0.469 e. The van der Waals surface area contributed by atoms with E-state index in [0.29, 0.717) is 11.8 Å². The van der Waals surface area contributed by atoms with Crippen LogP contribution in [0.1, 0.15) is 63.1 Å². The fourth-order valence-electron chi connectivity index (χ4n) is 2.40. The maximum atomic E-state index is 11.4. The molecule has 100 valence electrons. The van der Waals surface area contributed by atoms with E-state index in [4.69, 9.17) is 9.26 Å². The van der Waals surface area contributed by atoms with Gasteiger partial charge in [-0.05, 0) is 25.7 Å². The van der Waals surface area contributed by atoms with Crippen molar-refractivity contribution in [3.8, 4) is 0 Å². The molecule has 0 unspecified atom stereocenters. The summed E-state index contributed by atoms with van der Waals surface area (Å²) in [6.07, 6.45) is 3.56. The van der Waals surface area contributed by atoms with E-state index < -0.39 is 0 Å². The van der Waals surface area contributed by atoms with Gasteiger partial charge in [-0.2, -0.15) is 4.98 Å². The number of carbonyl (C=O) groups is 1. The van der Waals surface area contributed by atoms with Gasteiger partial charge in [0.15, 0.2) is 5.82 Å². The second-order valence-electron chi connectivity index (χ2n) is 5.22. The Labute approximate surface area is 107 Å². The highest BCUT2D eigenvalue weighted by Crippen LogP contribution is 2.35. The van der Waals surface area contributed by atoms with Crippen molar-refractivity contribution >= 4 is 5.97 Å². The van der Waals surface area contributed by atoms with E-state index in [-0.39, 0.29) is 17.8 Å². The zero-order chi connectivity index (χ0) is 13.1. The number of carbonyl (C=O) groups excluding carboxylic acids is 1. The van der Waals surface area contributed by atoms with E-state index in [9.17, 15) is 4.79 Å². The van der Waals surface area contributed by atoms with Crippen LogP contribution in [0.2, 0.25) is 0 Å². The molecule has 0 N–H and O–H groups in total. The van der Waals surface area contributed by atoms with Gasteiger partial charge < -0.3 is 9.26 Å². The number of methoxy groups -OCH3 is 1. The summed E-state index contributed by atoms with van der Waals surface area (Å²) in [6, 6.07) is 0. The number of rotatable bonds is 3. The molecule has 1 fully saturated rings. The lowest BCUT2D eigenvalue weighted by Crippen LogP contribution is -2.22. The number of hydrogen-bond acceptors (Lipinski definition) is 5. The van der Waals surface area contributed by atoms with Crippen molar-refractivity contribution in [1.29, 1.82) is 0 Å². The molecule has 0 aliphatic heterocycles. The maximum Gasteiger partial charge on any atom is 0.308 e. The van der Waals surface area contributed by atoms with Gasteiger partial charge in [0.2, 0.25) is 5.89 Å². The summed E-state index contributed by atoms with van der Waals surface area (Å²) in [4.78, 5) is 15.9. The van der Waals surface area contributed by atoms with Crippen molar-refractivity contribution in [2.24, 2.45) is 5.92 Å². The van der Waals surface area contributed by atoms with Gasteiger partial charge in [0.25, 0.3) is 0 Å². The fourth-order valence-corrected chi connectivity index (χ4v) is 2.40. The molecule has 0 aromatic carbocycles. The minimum absolute atomic E-state index is 0.0442. The van der Waals surface area contributed by atoms with Crippen LogP contribution < -0.4 is 0 Å². The molecule has 1 aromatic rings.